The van der Waals surface area contributed by atoms with Gasteiger partial charge in [0.25, 0.3) is 0 Å². The summed E-state index contributed by atoms with van der Waals surface area (Å²) in [4.78, 5) is 0. The summed E-state index contributed by atoms with van der Waals surface area (Å²) < 4.78 is 13.4. The van der Waals surface area contributed by atoms with Crippen molar-refractivity contribution >= 4 is 28.9 Å². The Morgan fingerprint density at radius 3 is 2.72 bits per heavy atom. The van der Waals surface area contributed by atoms with E-state index in [1.54, 1.807) is 18.2 Å². The van der Waals surface area contributed by atoms with E-state index in [1.165, 1.54) is 18.2 Å². The molecule has 0 amide bonds. The number of para-hydroxylation sites is 1. The Morgan fingerprint density at radius 2 is 1.94 bits per heavy atom. The zero-order chi connectivity index (χ0) is 13.1. The van der Waals surface area contributed by atoms with Crippen LogP contribution in [0.1, 0.15) is 5.56 Å². The van der Waals surface area contributed by atoms with Gasteiger partial charge in [-0.3, -0.25) is 0 Å². The minimum absolute atomic E-state index is 0.00546. The van der Waals surface area contributed by atoms with Crippen molar-refractivity contribution in [1.82, 2.24) is 0 Å². The largest absolute Gasteiger partial charge is 0.506 e. The number of hydrogen-bond donors (Lipinski definition) is 2. The molecule has 2 aromatic rings. The van der Waals surface area contributed by atoms with E-state index < -0.39 is 5.82 Å². The van der Waals surface area contributed by atoms with E-state index in [4.69, 9.17) is 23.2 Å². The monoisotopic (exact) mass is 285 g/mol. The molecular weight excluding hydrogens is 276 g/mol. The van der Waals surface area contributed by atoms with Crippen LogP contribution in [0.25, 0.3) is 0 Å². The van der Waals surface area contributed by atoms with Crippen LogP contribution in [-0.2, 0) is 6.54 Å². The topological polar surface area (TPSA) is 32.3 Å². The fourth-order valence-corrected chi connectivity index (χ4v) is 1.89. The van der Waals surface area contributed by atoms with Gasteiger partial charge in [0.05, 0.1) is 10.7 Å². The SMILES string of the molecule is Oc1c(Cl)cccc1CNc1cc(Cl)ccc1F. The molecule has 0 spiro atoms. The average Bonchev–Trinajstić information content (AvgIpc) is 2.35. The van der Waals surface area contributed by atoms with Crippen LogP contribution in [0.3, 0.4) is 0 Å². The van der Waals surface area contributed by atoms with Gasteiger partial charge in [-0.25, -0.2) is 4.39 Å². The quantitative estimate of drug-likeness (QED) is 0.873. The molecule has 0 fully saturated rings. The van der Waals surface area contributed by atoms with E-state index in [0.29, 0.717) is 10.6 Å². The van der Waals surface area contributed by atoms with Crippen molar-refractivity contribution in [1.29, 1.82) is 0 Å². The Morgan fingerprint density at radius 1 is 1.17 bits per heavy atom. The number of phenols is 1. The number of nitrogens with one attached hydrogen (secondary N) is 1. The number of phenolic OH excluding ortho intramolecular Hbond substituents is 1. The van der Waals surface area contributed by atoms with Crippen LogP contribution < -0.4 is 5.32 Å². The molecule has 18 heavy (non-hydrogen) atoms. The number of halogens is 3. The van der Waals surface area contributed by atoms with E-state index in [-0.39, 0.29) is 23.0 Å². The molecule has 2 nitrogen and oxygen atoms in total. The summed E-state index contributed by atoms with van der Waals surface area (Å²) in [5, 5.41) is 13.3. The predicted octanol–water partition coefficient (Wildman–Crippen LogP) is 4.45. The molecule has 94 valence electrons. The lowest BCUT2D eigenvalue weighted by Crippen LogP contribution is -2.01. The van der Waals surface area contributed by atoms with Crippen molar-refractivity contribution in [3.05, 3.63) is 57.8 Å². The molecule has 0 unspecified atom stereocenters. The van der Waals surface area contributed by atoms with Gasteiger partial charge < -0.3 is 10.4 Å². The minimum atomic E-state index is -0.402. The summed E-state index contributed by atoms with van der Waals surface area (Å²) in [7, 11) is 0. The van der Waals surface area contributed by atoms with E-state index in [2.05, 4.69) is 5.32 Å². The van der Waals surface area contributed by atoms with Gasteiger partial charge in [0.15, 0.2) is 0 Å². The first-order chi connectivity index (χ1) is 8.58. The first-order valence-electron chi connectivity index (χ1n) is 5.23. The standard InChI is InChI=1S/C13H10Cl2FNO/c14-9-4-5-11(16)12(6-9)17-7-8-2-1-3-10(15)13(8)18/h1-6,17-18H,7H2. The van der Waals surface area contributed by atoms with Crippen LogP contribution in [0.2, 0.25) is 10.0 Å². The van der Waals surface area contributed by atoms with Crippen molar-refractivity contribution in [2.75, 3.05) is 5.32 Å². The molecule has 0 aliphatic rings. The Bertz CT molecular complexity index is 573. The van der Waals surface area contributed by atoms with Crippen LogP contribution in [-0.4, -0.2) is 5.11 Å². The molecule has 2 aromatic carbocycles. The molecule has 0 radical (unpaired) electrons. The van der Waals surface area contributed by atoms with Gasteiger partial charge in [-0.05, 0) is 24.3 Å². The van der Waals surface area contributed by atoms with E-state index in [1.807, 2.05) is 0 Å². The summed E-state index contributed by atoms with van der Waals surface area (Å²) in [6, 6.07) is 9.24. The molecular formula is C13H10Cl2FNO. The number of anilines is 1. The fourth-order valence-electron chi connectivity index (χ4n) is 1.53. The van der Waals surface area contributed by atoms with Crippen molar-refractivity contribution in [3.8, 4) is 5.75 Å². The second kappa shape index (κ2) is 5.46. The fraction of sp³-hybridized carbons (Fsp3) is 0.0769. The van der Waals surface area contributed by atoms with E-state index in [0.717, 1.165) is 0 Å². The van der Waals surface area contributed by atoms with Gasteiger partial charge in [-0.2, -0.15) is 0 Å². The molecule has 0 bridgehead atoms. The third-order valence-electron chi connectivity index (χ3n) is 2.47. The number of aromatic hydroxyl groups is 1. The highest BCUT2D eigenvalue weighted by atomic mass is 35.5. The summed E-state index contributed by atoms with van der Waals surface area (Å²) in [5.41, 5.74) is 0.865. The van der Waals surface area contributed by atoms with Gasteiger partial charge in [-0.1, -0.05) is 35.3 Å². The molecule has 0 atom stereocenters. The van der Waals surface area contributed by atoms with Crippen LogP contribution >= 0.6 is 23.2 Å². The molecule has 0 saturated heterocycles. The van der Waals surface area contributed by atoms with E-state index in [9.17, 15) is 9.50 Å². The summed E-state index contributed by atoms with van der Waals surface area (Å²) >= 11 is 11.6. The predicted molar refractivity (Wildman–Crippen MR) is 71.9 cm³/mol. The zero-order valence-corrected chi connectivity index (χ0v) is 10.8. The number of rotatable bonds is 3. The van der Waals surface area contributed by atoms with E-state index >= 15 is 0 Å². The Balaban J connectivity index is 2.16. The van der Waals surface area contributed by atoms with Crippen molar-refractivity contribution < 1.29 is 9.50 Å². The highest BCUT2D eigenvalue weighted by Gasteiger charge is 2.07. The van der Waals surface area contributed by atoms with Crippen molar-refractivity contribution in [3.63, 3.8) is 0 Å². The van der Waals surface area contributed by atoms with Crippen LogP contribution in [0.4, 0.5) is 10.1 Å². The highest BCUT2D eigenvalue weighted by Crippen LogP contribution is 2.28. The Hall–Kier alpha value is -1.45. The van der Waals surface area contributed by atoms with Crippen molar-refractivity contribution in [2.45, 2.75) is 6.54 Å². The zero-order valence-electron chi connectivity index (χ0n) is 9.25. The van der Waals surface area contributed by atoms with Crippen LogP contribution in [0.15, 0.2) is 36.4 Å². The molecule has 2 N–H and O–H groups in total. The smallest absolute Gasteiger partial charge is 0.146 e. The first kappa shape index (κ1) is 13.0. The van der Waals surface area contributed by atoms with Crippen molar-refractivity contribution in [2.24, 2.45) is 0 Å². The highest BCUT2D eigenvalue weighted by molar-refractivity contribution is 6.32. The van der Waals surface area contributed by atoms with Gasteiger partial charge in [0.1, 0.15) is 11.6 Å². The van der Waals surface area contributed by atoms with Crippen LogP contribution in [0, 0.1) is 5.82 Å². The molecule has 0 heterocycles. The molecule has 5 heteroatoms. The third-order valence-corrected chi connectivity index (χ3v) is 3.01. The molecule has 0 saturated carbocycles. The average molecular weight is 286 g/mol. The number of hydrogen-bond acceptors (Lipinski definition) is 2. The summed E-state index contributed by atoms with van der Waals surface area (Å²) in [6.07, 6.45) is 0. The third kappa shape index (κ3) is 2.86. The van der Waals surface area contributed by atoms with Gasteiger partial charge in [0.2, 0.25) is 0 Å². The summed E-state index contributed by atoms with van der Waals surface area (Å²) in [6.45, 7) is 0.254. The molecule has 2 rings (SSSR count). The van der Waals surface area contributed by atoms with Gasteiger partial charge in [0, 0.05) is 17.1 Å². The lowest BCUT2D eigenvalue weighted by molar-refractivity contribution is 0.469. The minimum Gasteiger partial charge on any atom is -0.506 e. The van der Waals surface area contributed by atoms with Gasteiger partial charge >= 0.3 is 0 Å². The van der Waals surface area contributed by atoms with Crippen LogP contribution in [0.5, 0.6) is 5.75 Å². The number of benzene rings is 2. The molecule has 0 aliphatic carbocycles. The maximum atomic E-state index is 13.4. The Labute approximate surface area is 114 Å². The normalized spacial score (nSPS) is 10.4. The first-order valence-corrected chi connectivity index (χ1v) is 5.99. The second-order valence-electron chi connectivity index (χ2n) is 3.73. The Kier molecular flexibility index (Phi) is 3.94. The maximum absolute atomic E-state index is 13.4. The lowest BCUT2D eigenvalue weighted by Gasteiger charge is -2.10. The molecule has 0 aromatic heterocycles. The maximum Gasteiger partial charge on any atom is 0.146 e. The summed E-state index contributed by atoms with van der Waals surface area (Å²) in [5.74, 6) is -0.407. The molecule has 0 aliphatic heterocycles. The lowest BCUT2D eigenvalue weighted by atomic mass is 10.2. The van der Waals surface area contributed by atoms with Gasteiger partial charge in [-0.15, -0.1) is 0 Å². The second-order valence-corrected chi connectivity index (χ2v) is 4.57.